The van der Waals surface area contributed by atoms with Gasteiger partial charge in [0.2, 0.25) is 0 Å². The van der Waals surface area contributed by atoms with Gasteiger partial charge in [0.15, 0.2) is 5.78 Å². The van der Waals surface area contributed by atoms with E-state index >= 15 is 0 Å². The quantitative estimate of drug-likeness (QED) is 0.726. The molecule has 2 heteroatoms. The summed E-state index contributed by atoms with van der Waals surface area (Å²) in [5, 5.41) is 0. The Morgan fingerprint density at radius 3 is 2.76 bits per heavy atom. The van der Waals surface area contributed by atoms with E-state index in [4.69, 9.17) is 0 Å². The van der Waals surface area contributed by atoms with Crippen molar-refractivity contribution >= 4 is 5.78 Å². The van der Waals surface area contributed by atoms with Crippen molar-refractivity contribution in [2.75, 3.05) is 19.6 Å². The lowest BCUT2D eigenvalue weighted by Crippen LogP contribution is -2.29. The number of rotatable bonds is 2. The fourth-order valence-electron chi connectivity index (χ4n) is 3.28. The normalized spacial score (nSPS) is 30.8. The van der Waals surface area contributed by atoms with E-state index in [1.165, 1.54) is 18.5 Å². The molecule has 1 aromatic carbocycles. The summed E-state index contributed by atoms with van der Waals surface area (Å²) in [5.41, 5.74) is 3.25. The molecule has 0 spiro atoms. The minimum absolute atomic E-state index is 0.254. The minimum Gasteiger partial charge on any atom is -0.302 e. The molecule has 0 radical (unpaired) electrons. The third kappa shape index (κ3) is 1.81. The van der Waals surface area contributed by atoms with E-state index in [9.17, 15) is 4.79 Å². The molecule has 2 bridgehead atoms. The van der Waals surface area contributed by atoms with E-state index in [0.29, 0.717) is 11.7 Å². The molecule has 3 atom stereocenters. The van der Waals surface area contributed by atoms with Gasteiger partial charge in [-0.3, -0.25) is 4.79 Å². The van der Waals surface area contributed by atoms with Crippen LogP contribution in [0, 0.1) is 25.7 Å². The van der Waals surface area contributed by atoms with Crippen molar-refractivity contribution in [2.24, 2.45) is 11.8 Å². The second-order valence-corrected chi connectivity index (χ2v) is 5.60. The van der Waals surface area contributed by atoms with Crippen LogP contribution < -0.4 is 0 Å². The maximum absolute atomic E-state index is 12.6. The van der Waals surface area contributed by atoms with E-state index in [1.54, 1.807) is 0 Å². The Hall–Kier alpha value is -1.15. The van der Waals surface area contributed by atoms with Crippen LogP contribution in [-0.2, 0) is 0 Å². The second-order valence-electron chi connectivity index (χ2n) is 5.60. The lowest BCUT2D eigenvalue weighted by atomic mass is 9.84. The summed E-state index contributed by atoms with van der Waals surface area (Å²) in [4.78, 5) is 15.0. The highest BCUT2D eigenvalue weighted by Crippen LogP contribution is 2.35. The van der Waals surface area contributed by atoms with Crippen molar-refractivity contribution in [1.29, 1.82) is 0 Å². The number of fused-ring (bicyclic) bond motifs is 2. The average Bonchev–Trinajstić information content (AvgIpc) is 2.93. The first-order valence-electron chi connectivity index (χ1n) is 6.49. The van der Waals surface area contributed by atoms with Crippen molar-refractivity contribution in [2.45, 2.75) is 20.3 Å². The summed E-state index contributed by atoms with van der Waals surface area (Å²) < 4.78 is 0. The average molecular weight is 229 g/mol. The molecule has 2 saturated heterocycles. The molecule has 2 fully saturated rings. The molecule has 0 saturated carbocycles. The molecule has 3 unspecified atom stereocenters. The van der Waals surface area contributed by atoms with Crippen molar-refractivity contribution in [1.82, 2.24) is 4.90 Å². The van der Waals surface area contributed by atoms with Crippen LogP contribution in [0.4, 0.5) is 0 Å². The van der Waals surface area contributed by atoms with Crippen LogP contribution in [0.15, 0.2) is 18.2 Å². The topological polar surface area (TPSA) is 20.3 Å². The van der Waals surface area contributed by atoms with Gasteiger partial charge in [-0.25, -0.2) is 0 Å². The van der Waals surface area contributed by atoms with Gasteiger partial charge in [0.05, 0.1) is 0 Å². The van der Waals surface area contributed by atoms with Gasteiger partial charge in [0.1, 0.15) is 0 Å². The van der Waals surface area contributed by atoms with E-state index < -0.39 is 0 Å². The highest BCUT2D eigenvalue weighted by molar-refractivity contribution is 5.99. The van der Waals surface area contributed by atoms with Crippen LogP contribution in [-0.4, -0.2) is 30.3 Å². The lowest BCUT2D eigenvalue weighted by Gasteiger charge is -2.21. The highest BCUT2D eigenvalue weighted by Gasteiger charge is 2.42. The number of Topliss-reactive ketones (excluding diaryl/α,β-unsaturated/α-hetero) is 1. The summed E-state index contributed by atoms with van der Waals surface area (Å²) in [6.45, 7) is 7.42. The maximum atomic E-state index is 12.6. The van der Waals surface area contributed by atoms with Crippen LogP contribution in [0.2, 0.25) is 0 Å². The summed E-state index contributed by atoms with van der Waals surface area (Å²) in [5.74, 6) is 1.24. The Morgan fingerprint density at radius 1 is 1.29 bits per heavy atom. The van der Waals surface area contributed by atoms with Gasteiger partial charge in [-0.15, -0.1) is 0 Å². The Labute approximate surface area is 103 Å². The standard InChI is InChI=1S/C15H19NO/c1-10-3-4-11(2)13(7-10)15(17)14-9-16-6-5-12(14)8-16/h3-4,7,12,14H,5-6,8-9H2,1-2H3. The summed E-state index contributed by atoms with van der Waals surface area (Å²) in [7, 11) is 0. The van der Waals surface area contributed by atoms with Gasteiger partial charge in [0.25, 0.3) is 0 Å². The Kier molecular flexibility index (Phi) is 2.55. The largest absolute Gasteiger partial charge is 0.302 e. The molecule has 1 aromatic rings. The predicted octanol–water partition coefficient (Wildman–Crippen LogP) is 2.44. The van der Waals surface area contributed by atoms with Gasteiger partial charge < -0.3 is 4.90 Å². The number of carbonyl (C=O) groups excluding carboxylic acids is 1. The Bertz CT molecular complexity index is 466. The predicted molar refractivity (Wildman–Crippen MR) is 68.3 cm³/mol. The Morgan fingerprint density at radius 2 is 2.12 bits per heavy atom. The first kappa shape index (κ1) is 11.0. The molecule has 17 heavy (non-hydrogen) atoms. The molecule has 2 aliphatic heterocycles. The lowest BCUT2D eigenvalue weighted by molar-refractivity contribution is 0.0879. The van der Waals surface area contributed by atoms with Crippen LogP contribution in [0.1, 0.15) is 27.9 Å². The molecule has 0 N–H and O–H groups in total. The van der Waals surface area contributed by atoms with E-state index in [0.717, 1.165) is 24.2 Å². The number of benzene rings is 1. The van der Waals surface area contributed by atoms with Crippen molar-refractivity contribution in [3.63, 3.8) is 0 Å². The van der Waals surface area contributed by atoms with Crippen LogP contribution in [0.3, 0.4) is 0 Å². The third-order valence-electron chi connectivity index (χ3n) is 4.33. The fraction of sp³-hybridized carbons (Fsp3) is 0.533. The zero-order chi connectivity index (χ0) is 12.0. The molecule has 0 aromatic heterocycles. The number of carbonyl (C=O) groups is 1. The first-order chi connectivity index (χ1) is 8.15. The molecular weight excluding hydrogens is 210 g/mol. The van der Waals surface area contributed by atoms with E-state index in [-0.39, 0.29) is 5.92 Å². The smallest absolute Gasteiger partial charge is 0.167 e. The molecule has 3 rings (SSSR count). The number of hydrogen-bond acceptors (Lipinski definition) is 2. The number of piperidine rings is 1. The summed E-state index contributed by atoms with van der Waals surface area (Å²) in [6.07, 6.45) is 1.21. The molecule has 0 aliphatic carbocycles. The zero-order valence-electron chi connectivity index (χ0n) is 10.6. The van der Waals surface area contributed by atoms with Gasteiger partial charge in [-0.05, 0) is 44.4 Å². The van der Waals surface area contributed by atoms with E-state index in [2.05, 4.69) is 30.0 Å². The second kappa shape index (κ2) is 3.95. The summed E-state index contributed by atoms with van der Waals surface area (Å²) in [6, 6.07) is 6.20. The van der Waals surface area contributed by atoms with Crippen molar-refractivity contribution < 1.29 is 4.79 Å². The highest BCUT2D eigenvalue weighted by atomic mass is 16.1. The molecule has 0 amide bonds. The van der Waals surface area contributed by atoms with E-state index in [1.807, 2.05) is 6.92 Å². The SMILES string of the molecule is Cc1ccc(C)c(C(=O)C2CN3CCC2C3)c1. The fourth-order valence-corrected chi connectivity index (χ4v) is 3.28. The number of hydrogen-bond donors (Lipinski definition) is 0. The molecule has 2 heterocycles. The number of aryl methyl sites for hydroxylation is 2. The minimum atomic E-state index is 0.254. The van der Waals surface area contributed by atoms with Gasteiger partial charge in [0, 0.05) is 24.6 Å². The van der Waals surface area contributed by atoms with Crippen molar-refractivity contribution in [3.8, 4) is 0 Å². The molecule has 90 valence electrons. The van der Waals surface area contributed by atoms with Gasteiger partial charge in [-0.2, -0.15) is 0 Å². The molecular formula is C15H19NO. The molecule has 2 aliphatic rings. The third-order valence-corrected chi connectivity index (χ3v) is 4.33. The monoisotopic (exact) mass is 229 g/mol. The first-order valence-corrected chi connectivity index (χ1v) is 6.49. The van der Waals surface area contributed by atoms with Crippen LogP contribution in [0.25, 0.3) is 0 Å². The number of nitrogens with zero attached hydrogens (tertiary/aromatic N) is 1. The van der Waals surface area contributed by atoms with Crippen LogP contribution >= 0.6 is 0 Å². The Balaban J connectivity index is 1.89. The van der Waals surface area contributed by atoms with Gasteiger partial charge >= 0.3 is 0 Å². The van der Waals surface area contributed by atoms with Gasteiger partial charge in [-0.1, -0.05) is 17.7 Å². The number of ketones is 1. The van der Waals surface area contributed by atoms with Crippen molar-refractivity contribution in [3.05, 3.63) is 34.9 Å². The molecule has 2 nitrogen and oxygen atoms in total. The van der Waals surface area contributed by atoms with Crippen LogP contribution in [0.5, 0.6) is 0 Å². The maximum Gasteiger partial charge on any atom is 0.167 e. The summed E-state index contributed by atoms with van der Waals surface area (Å²) >= 11 is 0. The zero-order valence-corrected chi connectivity index (χ0v) is 10.6.